The van der Waals surface area contributed by atoms with Crippen LogP contribution in [0, 0.1) is 5.92 Å². The van der Waals surface area contributed by atoms with Gasteiger partial charge in [-0.2, -0.15) is 0 Å². The van der Waals surface area contributed by atoms with Crippen molar-refractivity contribution in [1.82, 2.24) is 0 Å². The summed E-state index contributed by atoms with van der Waals surface area (Å²) < 4.78 is 0. The molecule has 0 amide bonds. The minimum atomic E-state index is 0.523. The zero-order valence-corrected chi connectivity index (χ0v) is 7.90. The van der Waals surface area contributed by atoms with Gasteiger partial charge in [0.1, 0.15) is 0 Å². The number of hydrogen-bond donors (Lipinski definition) is 0. The molecule has 58 valence electrons. The fraction of sp³-hybridized carbons (Fsp3) is 0.875. The maximum atomic E-state index is 4.55. The fourth-order valence-corrected chi connectivity index (χ4v) is 2.17. The summed E-state index contributed by atoms with van der Waals surface area (Å²) in [5.74, 6) is 0.685. The molecule has 0 saturated carbocycles. The molecule has 0 bridgehead atoms. The molecule has 1 aliphatic heterocycles. The van der Waals surface area contributed by atoms with Crippen LogP contribution in [0.15, 0.2) is 4.99 Å². The van der Waals surface area contributed by atoms with Gasteiger partial charge in [-0.15, -0.1) is 11.8 Å². The smallest absolute Gasteiger partial charge is 0.0980 e. The first kappa shape index (κ1) is 8.12. The number of nitrogens with zero attached hydrogens (tertiary/aromatic N) is 1. The largest absolute Gasteiger partial charge is 0.279 e. The van der Waals surface area contributed by atoms with Gasteiger partial charge in [0.15, 0.2) is 0 Å². The highest BCUT2D eigenvalue weighted by molar-refractivity contribution is 8.01. The third-order valence-electron chi connectivity index (χ3n) is 1.83. The topological polar surface area (TPSA) is 12.4 Å². The van der Waals surface area contributed by atoms with Gasteiger partial charge in [-0.25, -0.2) is 0 Å². The second-order valence-electron chi connectivity index (χ2n) is 3.18. The summed E-state index contributed by atoms with van der Waals surface area (Å²) in [4.78, 5) is 4.55. The molecule has 1 nitrogen and oxygen atoms in total. The molecule has 0 saturated heterocycles. The van der Waals surface area contributed by atoms with Crippen LogP contribution in [-0.4, -0.2) is 16.3 Å². The normalized spacial score (nSPS) is 33.1. The molecule has 2 atom stereocenters. The summed E-state index contributed by atoms with van der Waals surface area (Å²) in [6, 6.07) is 0. The molecule has 0 aromatic rings. The van der Waals surface area contributed by atoms with Crippen molar-refractivity contribution in [2.24, 2.45) is 10.9 Å². The van der Waals surface area contributed by atoms with E-state index >= 15 is 0 Å². The maximum Gasteiger partial charge on any atom is 0.0980 e. The molecular formula is C8H15NS. The van der Waals surface area contributed by atoms with E-state index in [1.165, 1.54) is 5.71 Å². The molecule has 2 heteroatoms. The summed E-state index contributed by atoms with van der Waals surface area (Å²) in [6.45, 7) is 8.81. The molecule has 0 N–H and O–H groups in total. The van der Waals surface area contributed by atoms with Crippen molar-refractivity contribution in [2.45, 2.75) is 38.3 Å². The standard InChI is InChI=1S/C8H15NS/c1-5(2)8-9-6(3)7(4)10-8/h5,7-8H,1-4H3/t7?,8-/m0/s1. The minimum Gasteiger partial charge on any atom is -0.279 e. The van der Waals surface area contributed by atoms with Crippen LogP contribution in [-0.2, 0) is 0 Å². The molecule has 10 heavy (non-hydrogen) atoms. The molecule has 0 aromatic heterocycles. The third-order valence-corrected chi connectivity index (χ3v) is 3.51. The molecule has 1 unspecified atom stereocenters. The monoisotopic (exact) mass is 157 g/mol. The molecular weight excluding hydrogens is 142 g/mol. The summed E-state index contributed by atoms with van der Waals surface area (Å²) >= 11 is 1.98. The molecule has 1 aliphatic rings. The van der Waals surface area contributed by atoms with Crippen LogP contribution in [0.3, 0.4) is 0 Å². The lowest BCUT2D eigenvalue weighted by Crippen LogP contribution is -2.05. The Balaban J connectivity index is 2.56. The lowest BCUT2D eigenvalue weighted by atomic mass is 10.2. The van der Waals surface area contributed by atoms with Crippen LogP contribution in [0.2, 0.25) is 0 Å². The summed E-state index contributed by atoms with van der Waals surface area (Å²) in [5, 5.41) is 1.17. The van der Waals surface area contributed by atoms with Gasteiger partial charge in [-0.3, -0.25) is 4.99 Å². The van der Waals surface area contributed by atoms with E-state index in [0.717, 1.165) is 0 Å². The van der Waals surface area contributed by atoms with Gasteiger partial charge in [-0.1, -0.05) is 13.8 Å². The highest BCUT2D eigenvalue weighted by atomic mass is 32.2. The second kappa shape index (κ2) is 2.95. The van der Waals surface area contributed by atoms with E-state index in [9.17, 15) is 0 Å². The van der Waals surface area contributed by atoms with Gasteiger partial charge >= 0.3 is 0 Å². The lowest BCUT2D eigenvalue weighted by Gasteiger charge is -2.10. The van der Waals surface area contributed by atoms with Crippen LogP contribution in [0.25, 0.3) is 0 Å². The number of aliphatic imine (C=N–C) groups is 1. The van der Waals surface area contributed by atoms with Crippen LogP contribution >= 0.6 is 11.8 Å². The molecule has 0 radical (unpaired) electrons. The highest BCUT2D eigenvalue weighted by Gasteiger charge is 2.24. The van der Waals surface area contributed by atoms with Crippen molar-refractivity contribution < 1.29 is 0 Å². The van der Waals surface area contributed by atoms with E-state index in [-0.39, 0.29) is 0 Å². The minimum absolute atomic E-state index is 0.523. The first-order chi connectivity index (χ1) is 4.61. The van der Waals surface area contributed by atoms with Crippen molar-refractivity contribution in [2.75, 3.05) is 0 Å². The average molecular weight is 157 g/mol. The van der Waals surface area contributed by atoms with Crippen molar-refractivity contribution in [1.29, 1.82) is 0 Å². The molecule has 1 heterocycles. The number of rotatable bonds is 1. The van der Waals surface area contributed by atoms with Crippen LogP contribution in [0.5, 0.6) is 0 Å². The van der Waals surface area contributed by atoms with E-state index in [0.29, 0.717) is 16.5 Å². The fourth-order valence-electron chi connectivity index (χ4n) is 0.950. The van der Waals surface area contributed by atoms with Gasteiger partial charge in [0.25, 0.3) is 0 Å². The summed E-state index contributed by atoms with van der Waals surface area (Å²) in [5.41, 5.74) is 1.31. The van der Waals surface area contributed by atoms with E-state index in [2.05, 4.69) is 32.7 Å². The zero-order chi connectivity index (χ0) is 7.72. The quantitative estimate of drug-likeness (QED) is 0.570. The van der Waals surface area contributed by atoms with Crippen molar-refractivity contribution in [3.8, 4) is 0 Å². The first-order valence-corrected chi connectivity index (χ1v) is 4.75. The zero-order valence-electron chi connectivity index (χ0n) is 7.09. The van der Waals surface area contributed by atoms with Crippen molar-refractivity contribution in [3.63, 3.8) is 0 Å². The highest BCUT2D eigenvalue weighted by Crippen LogP contribution is 2.31. The number of thioether (sulfide) groups is 1. The van der Waals surface area contributed by atoms with E-state index in [4.69, 9.17) is 0 Å². The van der Waals surface area contributed by atoms with Gasteiger partial charge in [0, 0.05) is 11.0 Å². The molecule has 0 fully saturated rings. The lowest BCUT2D eigenvalue weighted by molar-refractivity contribution is 0.630. The van der Waals surface area contributed by atoms with Gasteiger partial charge < -0.3 is 0 Å². The van der Waals surface area contributed by atoms with E-state index in [1.54, 1.807) is 0 Å². The van der Waals surface area contributed by atoms with E-state index < -0.39 is 0 Å². The third kappa shape index (κ3) is 1.54. The molecule has 0 aliphatic carbocycles. The number of hydrogen-bond acceptors (Lipinski definition) is 2. The Morgan fingerprint density at radius 1 is 1.50 bits per heavy atom. The van der Waals surface area contributed by atoms with Gasteiger partial charge in [0.2, 0.25) is 0 Å². The van der Waals surface area contributed by atoms with Crippen LogP contribution < -0.4 is 0 Å². The molecule has 0 aromatic carbocycles. The van der Waals surface area contributed by atoms with Gasteiger partial charge in [-0.05, 0) is 19.8 Å². The summed E-state index contributed by atoms with van der Waals surface area (Å²) in [7, 11) is 0. The Labute approximate surface area is 67.3 Å². The Morgan fingerprint density at radius 3 is 2.30 bits per heavy atom. The van der Waals surface area contributed by atoms with Crippen molar-refractivity contribution >= 4 is 17.5 Å². The molecule has 0 spiro atoms. The average Bonchev–Trinajstić information content (AvgIpc) is 2.13. The predicted molar refractivity (Wildman–Crippen MR) is 48.8 cm³/mol. The van der Waals surface area contributed by atoms with Crippen molar-refractivity contribution in [3.05, 3.63) is 0 Å². The van der Waals surface area contributed by atoms with Gasteiger partial charge in [0.05, 0.1) is 5.37 Å². The van der Waals surface area contributed by atoms with Crippen LogP contribution in [0.4, 0.5) is 0 Å². The first-order valence-electron chi connectivity index (χ1n) is 3.81. The maximum absolute atomic E-state index is 4.55. The predicted octanol–water partition coefficient (Wildman–Crippen LogP) is 2.56. The second-order valence-corrected chi connectivity index (χ2v) is 4.65. The Morgan fingerprint density at radius 2 is 2.10 bits per heavy atom. The molecule has 1 rings (SSSR count). The Hall–Kier alpha value is 0.0200. The Bertz CT molecular complexity index is 151. The Kier molecular flexibility index (Phi) is 2.40. The SMILES string of the molecule is CC1=N[C@H](C(C)C)SC1C. The van der Waals surface area contributed by atoms with Crippen LogP contribution in [0.1, 0.15) is 27.7 Å². The van der Waals surface area contributed by atoms with E-state index in [1.807, 2.05) is 11.8 Å². The summed E-state index contributed by atoms with van der Waals surface area (Å²) in [6.07, 6.45) is 0.